The average molecular weight is 212 g/mol. The predicted octanol–water partition coefficient (Wildman–Crippen LogP) is 1.14. The second-order valence-electron chi connectivity index (χ2n) is 4.55. The molecule has 0 bridgehead atoms. The van der Waals surface area contributed by atoms with Gasteiger partial charge in [0.25, 0.3) is 0 Å². The Morgan fingerprint density at radius 2 is 2.27 bits per heavy atom. The van der Waals surface area contributed by atoms with Crippen LogP contribution in [0.25, 0.3) is 0 Å². The quantitative estimate of drug-likeness (QED) is 0.611. The molecule has 0 aromatic heterocycles. The van der Waals surface area contributed by atoms with E-state index in [-0.39, 0.29) is 18.0 Å². The van der Waals surface area contributed by atoms with Crippen LogP contribution < -0.4 is 0 Å². The van der Waals surface area contributed by atoms with E-state index in [4.69, 9.17) is 9.47 Å². The van der Waals surface area contributed by atoms with Crippen LogP contribution in [0.2, 0.25) is 0 Å². The van der Waals surface area contributed by atoms with Gasteiger partial charge < -0.3 is 9.47 Å². The van der Waals surface area contributed by atoms with Crippen molar-refractivity contribution in [3.63, 3.8) is 0 Å². The first-order valence-electron chi connectivity index (χ1n) is 5.40. The molecule has 1 aliphatic carbocycles. The van der Waals surface area contributed by atoms with Crippen LogP contribution in [0.3, 0.4) is 0 Å². The Balaban J connectivity index is 2.02. The molecule has 0 spiro atoms. The summed E-state index contributed by atoms with van der Waals surface area (Å²) in [6, 6.07) is 0. The molecular formula is C11H16O4. The molecule has 0 N–H and O–H groups in total. The second-order valence-corrected chi connectivity index (χ2v) is 4.55. The van der Waals surface area contributed by atoms with Gasteiger partial charge in [-0.15, -0.1) is 0 Å². The van der Waals surface area contributed by atoms with E-state index in [2.05, 4.69) is 6.92 Å². The maximum absolute atomic E-state index is 11.1. The van der Waals surface area contributed by atoms with Crippen LogP contribution >= 0.6 is 0 Å². The Kier molecular flexibility index (Phi) is 2.67. The van der Waals surface area contributed by atoms with Gasteiger partial charge in [0.1, 0.15) is 6.10 Å². The van der Waals surface area contributed by atoms with E-state index in [1.54, 1.807) is 0 Å². The zero-order valence-corrected chi connectivity index (χ0v) is 9.06. The van der Waals surface area contributed by atoms with Gasteiger partial charge in [0.05, 0.1) is 6.61 Å². The normalized spacial score (nSPS) is 39.5. The average Bonchev–Trinajstić information content (AvgIpc) is 2.42. The predicted molar refractivity (Wildman–Crippen MR) is 51.9 cm³/mol. The topological polar surface area (TPSA) is 52.6 Å². The monoisotopic (exact) mass is 212 g/mol. The molecule has 4 heteroatoms. The van der Waals surface area contributed by atoms with Gasteiger partial charge in [0, 0.05) is 19.3 Å². The summed E-state index contributed by atoms with van der Waals surface area (Å²) in [6.07, 6.45) is 1.25. The molecule has 2 rings (SSSR count). The van der Waals surface area contributed by atoms with Gasteiger partial charge in [-0.05, 0) is 18.3 Å². The van der Waals surface area contributed by atoms with Gasteiger partial charge in [-0.3, -0.25) is 9.59 Å². The van der Waals surface area contributed by atoms with E-state index in [1.807, 2.05) is 0 Å². The molecule has 84 valence electrons. The molecule has 1 saturated heterocycles. The van der Waals surface area contributed by atoms with Crippen LogP contribution in [0, 0.1) is 17.8 Å². The highest BCUT2D eigenvalue weighted by Crippen LogP contribution is 2.43. The second kappa shape index (κ2) is 3.83. The van der Waals surface area contributed by atoms with Crippen molar-refractivity contribution >= 4 is 11.9 Å². The molecule has 15 heavy (non-hydrogen) atoms. The number of rotatable bonds is 1. The van der Waals surface area contributed by atoms with Crippen LogP contribution in [0.1, 0.15) is 26.7 Å². The third kappa shape index (κ3) is 1.98. The molecule has 4 nitrogen and oxygen atoms in total. The van der Waals surface area contributed by atoms with E-state index in [0.717, 1.165) is 6.42 Å². The summed E-state index contributed by atoms with van der Waals surface area (Å²) in [4.78, 5) is 22.0. The molecule has 0 aromatic carbocycles. The Labute approximate surface area is 88.9 Å². The summed E-state index contributed by atoms with van der Waals surface area (Å²) in [5, 5.41) is 0. The number of fused-ring (bicyclic) bond motifs is 1. The molecule has 0 unspecified atom stereocenters. The summed E-state index contributed by atoms with van der Waals surface area (Å²) in [6.45, 7) is 3.98. The van der Waals surface area contributed by atoms with Crippen molar-refractivity contribution in [3.8, 4) is 0 Å². The summed E-state index contributed by atoms with van der Waals surface area (Å²) in [5.41, 5.74) is 0. The number of ether oxygens (including phenoxy) is 2. The molecule has 0 aromatic rings. The lowest BCUT2D eigenvalue weighted by atomic mass is 9.87. The lowest BCUT2D eigenvalue weighted by Crippen LogP contribution is -2.30. The summed E-state index contributed by atoms with van der Waals surface area (Å²) >= 11 is 0. The standard InChI is InChI=1S/C11H16O4/c1-6-9-5-14-11(13)4-8(9)3-10(6)15-7(2)12/h6,8-10H,3-5H2,1-2H3/t6-,8-,9-,10+/m1/s1. The maximum Gasteiger partial charge on any atom is 0.306 e. The number of hydrogen-bond acceptors (Lipinski definition) is 4. The van der Waals surface area contributed by atoms with Gasteiger partial charge >= 0.3 is 11.9 Å². The van der Waals surface area contributed by atoms with Crippen molar-refractivity contribution in [3.05, 3.63) is 0 Å². The van der Waals surface area contributed by atoms with Crippen molar-refractivity contribution in [2.75, 3.05) is 6.61 Å². The molecule has 1 heterocycles. The summed E-state index contributed by atoms with van der Waals surface area (Å²) in [7, 11) is 0. The molecule has 2 fully saturated rings. The highest BCUT2D eigenvalue weighted by Gasteiger charge is 2.46. The fourth-order valence-electron chi connectivity index (χ4n) is 2.75. The Hall–Kier alpha value is -1.06. The van der Waals surface area contributed by atoms with Gasteiger partial charge in [-0.25, -0.2) is 0 Å². The van der Waals surface area contributed by atoms with Crippen molar-refractivity contribution < 1.29 is 19.1 Å². The number of cyclic esters (lactones) is 1. The summed E-state index contributed by atoms with van der Waals surface area (Å²) < 4.78 is 10.3. The minimum absolute atomic E-state index is 0.0352. The third-order valence-electron chi connectivity index (χ3n) is 3.59. The van der Waals surface area contributed by atoms with Crippen molar-refractivity contribution in [2.45, 2.75) is 32.8 Å². The van der Waals surface area contributed by atoms with Gasteiger partial charge in [-0.1, -0.05) is 6.92 Å². The fraction of sp³-hybridized carbons (Fsp3) is 0.818. The molecule has 4 atom stereocenters. The lowest BCUT2D eigenvalue weighted by molar-refractivity contribution is -0.153. The molecule has 0 radical (unpaired) electrons. The van der Waals surface area contributed by atoms with Crippen LogP contribution in [0.15, 0.2) is 0 Å². The molecule has 0 amide bonds. The minimum Gasteiger partial charge on any atom is -0.465 e. The molecule has 1 saturated carbocycles. The zero-order valence-electron chi connectivity index (χ0n) is 9.06. The zero-order chi connectivity index (χ0) is 11.0. The number of carbonyl (C=O) groups excluding carboxylic acids is 2. The Morgan fingerprint density at radius 3 is 2.93 bits per heavy atom. The first kappa shape index (κ1) is 10.5. The largest absolute Gasteiger partial charge is 0.465 e. The number of hydrogen-bond donors (Lipinski definition) is 0. The van der Waals surface area contributed by atoms with Gasteiger partial charge in [-0.2, -0.15) is 0 Å². The third-order valence-corrected chi connectivity index (χ3v) is 3.59. The Morgan fingerprint density at radius 1 is 1.53 bits per heavy atom. The minimum atomic E-state index is -0.238. The number of esters is 2. The lowest BCUT2D eigenvalue weighted by Gasteiger charge is -2.26. The maximum atomic E-state index is 11.1. The smallest absolute Gasteiger partial charge is 0.306 e. The Bertz CT molecular complexity index is 286. The fourth-order valence-corrected chi connectivity index (χ4v) is 2.75. The van der Waals surface area contributed by atoms with Crippen molar-refractivity contribution in [1.82, 2.24) is 0 Å². The van der Waals surface area contributed by atoms with Crippen molar-refractivity contribution in [1.29, 1.82) is 0 Å². The molecule has 1 aliphatic heterocycles. The summed E-state index contributed by atoms with van der Waals surface area (Å²) in [5.74, 6) is 0.648. The first-order valence-corrected chi connectivity index (χ1v) is 5.40. The van der Waals surface area contributed by atoms with Crippen LogP contribution in [0.4, 0.5) is 0 Å². The highest BCUT2D eigenvalue weighted by atomic mass is 16.5. The molecule has 2 aliphatic rings. The van der Waals surface area contributed by atoms with E-state index >= 15 is 0 Å². The van der Waals surface area contributed by atoms with Crippen LogP contribution in [-0.4, -0.2) is 24.6 Å². The van der Waals surface area contributed by atoms with Gasteiger partial charge in [0.2, 0.25) is 0 Å². The number of carbonyl (C=O) groups is 2. The molecular weight excluding hydrogens is 196 g/mol. The first-order chi connectivity index (χ1) is 7.08. The van der Waals surface area contributed by atoms with E-state index in [9.17, 15) is 9.59 Å². The van der Waals surface area contributed by atoms with E-state index < -0.39 is 0 Å². The van der Waals surface area contributed by atoms with E-state index in [0.29, 0.717) is 30.8 Å². The van der Waals surface area contributed by atoms with Crippen LogP contribution in [-0.2, 0) is 19.1 Å². The van der Waals surface area contributed by atoms with E-state index in [1.165, 1.54) is 6.92 Å². The SMILES string of the molecule is CC(=O)O[C@H]1C[C@@H]2CC(=O)OC[C@@H]2[C@H]1C. The van der Waals surface area contributed by atoms with Gasteiger partial charge in [0.15, 0.2) is 0 Å². The van der Waals surface area contributed by atoms with Crippen molar-refractivity contribution in [2.24, 2.45) is 17.8 Å². The van der Waals surface area contributed by atoms with Crippen LogP contribution in [0.5, 0.6) is 0 Å². The highest BCUT2D eigenvalue weighted by molar-refractivity contribution is 5.70.